The quantitative estimate of drug-likeness (QED) is 0.249. The van der Waals surface area contributed by atoms with Gasteiger partial charge in [0, 0.05) is 36.1 Å². The largest absolute Gasteiger partial charge is 0.492 e. The first-order chi connectivity index (χ1) is 20.3. The number of hydrogen-bond acceptors (Lipinski definition) is 9. The van der Waals surface area contributed by atoms with Gasteiger partial charge in [-0.25, -0.2) is 24.3 Å². The third-order valence-electron chi connectivity index (χ3n) is 6.96. The number of aromatic nitrogens is 5. The van der Waals surface area contributed by atoms with Gasteiger partial charge in [0.1, 0.15) is 23.6 Å². The highest BCUT2D eigenvalue weighted by Crippen LogP contribution is 2.49. The van der Waals surface area contributed by atoms with Crippen LogP contribution in [0.15, 0.2) is 67.1 Å². The molecule has 0 unspecified atom stereocenters. The van der Waals surface area contributed by atoms with E-state index >= 15 is 4.39 Å². The normalized spacial score (nSPS) is 12.3. The van der Waals surface area contributed by atoms with E-state index < -0.39 is 5.82 Å². The molecule has 0 atom stereocenters. The van der Waals surface area contributed by atoms with Gasteiger partial charge in [-0.2, -0.15) is 0 Å². The minimum absolute atomic E-state index is 0.0202. The fourth-order valence-electron chi connectivity index (χ4n) is 5.08. The summed E-state index contributed by atoms with van der Waals surface area (Å²) in [4.78, 5) is 31.5. The van der Waals surface area contributed by atoms with Crippen molar-refractivity contribution in [2.24, 2.45) is 0 Å². The summed E-state index contributed by atoms with van der Waals surface area (Å²) in [6.07, 6.45) is 2.95. The van der Waals surface area contributed by atoms with E-state index in [9.17, 15) is 4.79 Å². The van der Waals surface area contributed by atoms with Crippen molar-refractivity contribution in [3.8, 4) is 28.6 Å². The van der Waals surface area contributed by atoms with Crippen LogP contribution in [0.5, 0.6) is 17.5 Å². The van der Waals surface area contributed by atoms with Crippen molar-refractivity contribution in [1.29, 1.82) is 0 Å². The Morgan fingerprint density at radius 3 is 2.71 bits per heavy atom. The molecule has 0 saturated heterocycles. The van der Waals surface area contributed by atoms with Gasteiger partial charge in [0.05, 0.1) is 23.9 Å². The Kier molecular flexibility index (Phi) is 6.65. The third-order valence-corrected chi connectivity index (χ3v) is 6.96. The van der Waals surface area contributed by atoms with Crippen molar-refractivity contribution in [2.75, 3.05) is 29.6 Å². The number of halogens is 1. The Hall–Kier alpha value is -5.52. The number of amides is 1. The first kappa shape index (κ1) is 26.7. The fraction of sp³-hybridized carbons (Fsp3) is 0.167. The molecule has 212 valence electrons. The summed E-state index contributed by atoms with van der Waals surface area (Å²) in [6.45, 7) is 8.27. The molecule has 1 amide bonds. The number of hydrogen-bond donors (Lipinski definition) is 2. The molecule has 3 aromatic heterocycles. The van der Waals surface area contributed by atoms with E-state index in [4.69, 9.17) is 15.2 Å². The molecular formula is C30H27FN8O3. The number of anilines is 4. The van der Waals surface area contributed by atoms with E-state index in [1.807, 2.05) is 21.6 Å². The fourth-order valence-corrected chi connectivity index (χ4v) is 5.08. The van der Waals surface area contributed by atoms with Gasteiger partial charge in [0.15, 0.2) is 17.3 Å². The SMILES string of the molecule is C=C(C)C(=O)Nc1cccc(N2CCn3c2c(-c2ccc(Oc4nccc(C)n4)c(F)c2)c2c(N)ncnc23)c1OC. The van der Waals surface area contributed by atoms with Crippen molar-refractivity contribution >= 4 is 40.0 Å². The van der Waals surface area contributed by atoms with Gasteiger partial charge < -0.3 is 30.0 Å². The van der Waals surface area contributed by atoms with Crippen LogP contribution in [0, 0.1) is 12.7 Å². The van der Waals surface area contributed by atoms with Crippen LogP contribution in [0.1, 0.15) is 12.6 Å². The summed E-state index contributed by atoms with van der Waals surface area (Å²) in [6, 6.07) is 11.9. The summed E-state index contributed by atoms with van der Waals surface area (Å²) in [5.41, 5.74) is 10.5. The maximum absolute atomic E-state index is 15.5. The molecule has 4 heterocycles. The molecule has 11 nitrogen and oxygen atoms in total. The molecule has 1 aliphatic rings. The lowest BCUT2D eigenvalue weighted by Crippen LogP contribution is -2.17. The number of carbonyl (C=O) groups is 1. The highest BCUT2D eigenvalue weighted by atomic mass is 19.1. The van der Waals surface area contributed by atoms with Crippen LogP contribution in [-0.4, -0.2) is 44.1 Å². The number of nitrogens with one attached hydrogen (secondary N) is 1. The summed E-state index contributed by atoms with van der Waals surface area (Å²) in [5.74, 6) is 0.512. The van der Waals surface area contributed by atoms with Crippen LogP contribution in [0.4, 0.5) is 27.4 Å². The number of nitrogen functional groups attached to an aromatic ring is 1. The Labute approximate surface area is 240 Å². The number of rotatable bonds is 7. The van der Waals surface area contributed by atoms with E-state index in [-0.39, 0.29) is 23.5 Å². The van der Waals surface area contributed by atoms with Gasteiger partial charge in [-0.1, -0.05) is 18.7 Å². The van der Waals surface area contributed by atoms with Crippen molar-refractivity contribution in [3.05, 3.63) is 78.7 Å². The molecule has 5 aromatic rings. The second kappa shape index (κ2) is 10.5. The Morgan fingerprint density at radius 2 is 1.98 bits per heavy atom. The highest BCUT2D eigenvalue weighted by molar-refractivity contribution is 6.09. The van der Waals surface area contributed by atoms with Crippen molar-refractivity contribution in [2.45, 2.75) is 20.4 Å². The maximum atomic E-state index is 15.5. The van der Waals surface area contributed by atoms with Gasteiger partial charge in [-0.15, -0.1) is 0 Å². The number of fused-ring (bicyclic) bond motifs is 3. The molecule has 0 fully saturated rings. The van der Waals surface area contributed by atoms with E-state index in [2.05, 4.69) is 31.8 Å². The smallest absolute Gasteiger partial charge is 0.322 e. The molecule has 0 aliphatic carbocycles. The summed E-state index contributed by atoms with van der Waals surface area (Å²) in [5, 5.41) is 3.45. The Balaban J connectivity index is 1.49. The number of ether oxygens (including phenoxy) is 2. The third kappa shape index (κ3) is 4.52. The van der Waals surface area contributed by atoms with Gasteiger partial charge in [0.2, 0.25) is 0 Å². The first-order valence-corrected chi connectivity index (χ1v) is 13.1. The number of nitrogens with zero attached hydrogens (tertiary/aromatic N) is 6. The molecule has 0 spiro atoms. The summed E-state index contributed by atoms with van der Waals surface area (Å²) in [7, 11) is 1.54. The number of methoxy groups -OCH3 is 1. The number of aryl methyl sites for hydroxylation is 1. The molecule has 1 aliphatic heterocycles. The molecule has 42 heavy (non-hydrogen) atoms. The van der Waals surface area contributed by atoms with Crippen LogP contribution in [0.2, 0.25) is 0 Å². The van der Waals surface area contributed by atoms with Crippen LogP contribution in [-0.2, 0) is 11.3 Å². The van der Waals surface area contributed by atoms with Crippen molar-refractivity contribution < 1.29 is 18.7 Å². The number of nitrogens with two attached hydrogens (primary N) is 1. The van der Waals surface area contributed by atoms with Crippen LogP contribution in [0.25, 0.3) is 22.2 Å². The molecule has 0 saturated carbocycles. The van der Waals surface area contributed by atoms with Gasteiger partial charge in [0.25, 0.3) is 5.91 Å². The van der Waals surface area contributed by atoms with Crippen molar-refractivity contribution in [1.82, 2.24) is 24.5 Å². The van der Waals surface area contributed by atoms with Crippen LogP contribution in [0.3, 0.4) is 0 Å². The van der Waals surface area contributed by atoms with Crippen LogP contribution < -0.4 is 25.4 Å². The monoisotopic (exact) mass is 566 g/mol. The lowest BCUT2D eigenvalue weighted by molar-refractivity contribution is -0.112. The molecule has 0 radical (unpaired) electrons. The number of para-hydroxylation sites is 1. The van der Waals surface area contributed by atoms with Crippen molar-refractivity contribution in [3.63, 3.8) is 0 Å². The minimum Gasteiger partial charge on any atom is -0.492 e. The predicted octanol–water partition coefficient (Wildman–Crippen LogP) is 5.39. The Bertz CT molecular complexity index is 1890. The second-order valence-electron chi connectivity index (χ2n) is 9.78. The van der Waals surface area contributed by atoms with E-state index in [0.717, 1.165) is 5.82 Å². The summed E-state index contributed by atoms with van der Waals surface area (Å²) < 4.78 is 29.0. The molecule has 2 aromatic carbocycles. The minimum atomic E-state index is -0.604. The number of carbonyl (C=O) groups excluding carboxylic acids is 1. The lowest BCUT2D eigenvalue weighted by atomic mass is 10.0. The predicted molar refractivity (Wildman–Crippen MR) is 158 cm³/mol. The zero-order valence-electron chi connectivity index (χ0n) is 23.2. The lowest BCUT2D eigenvalue weighted by Gasteiger charge is -2.24. The Morgan fingerprint density at radius 1 is 1.14 bits per heavy atom. The van der Waals surface area contributed by atoms with Gasteiger partial charge in [-0.3, -0.25) is 4.79 Å². The van der Waals surface area contributed by atoms with Gasteiger partial charge in [-0.05, 0) is 49.7 Å². The zero-order chi connectivity index (χ0) is 29.5. The topological polar surface area (TPSA) is 133 Å². The van der Waals surface area contributed by atoms with Gasteiger partial charge >= 0.3 is 6.01 Å². The zero-order valence-corrected chi connectivity index (χ0v) is 23.2. The standard InChI is InChI=1S/C30H27FN8O3/c1-16(2)28(40)37-20-6-5-7-21(25(20)41-4)38-12-13-39-27-24(26(32)34-15-35-27)23(29(38)39)18-8-9-22(19(31)14-18)42-30-33-11-10-17(3)36-30/h5-11,14-15H,1,12-13H2,2-4H3,(H,37,40)(H2,32,34,35). The second-order valence-corrected chi connectivity index (χ2v) is 9.78. The van der Waals surface area contributed by atoms with E-state index in [1.54, 1.807) is 38.2 Å². The average Bonchev–Trinajstić information content (AvgIpc) is 3.53. The molecule has 0 bridgehead atoms. The first-order valence-electron chi connectivity index (χ1n) is 13.1. The molecule has 12 heteroatoms. The highest BCUT2D eigenvalue weighted by Gasteiger charge is 2.33. The number of benzene rings is 2. The average molecular weight is 567 g/mol. The molecule has 3 N–H and O–H groups in total. The van der Waals surface area contributed by atoms with E-state index in [0.29, 0.717) is 63.6 Å². The maximum Gasteiger partial charge on any atom is 0.322 e. The molecule has 6 rings (SSSR count). The van der Waals surface area contributed by atoms with Crippen LogP contribution >= 0.6 is 0 Å². The summed E-state index contributed by atoms with van der Waals surface area (Å²) >= 11 is 0. The van der Waals surface area contributed by atoms with E-state index in [1.165, 1.54) is 25.6 Å². The molecular weight excluding hydrogens is 539 g/mol.